The van der Waals surface area contributed by atoms with Crippen molar-refractivity contribution in [3.8, 4) is 5.75 Å². The molecular formula is C23H23NO4. The fraction of sp³-hybridized carbons (Fsp3) is 0.348. The molecule has 2 atom stereocenters. The van der Waals surface area contributed by atoms with Crippen molar-refractivity contribution in [2.75, 3.05) is 7.11 Å². The van der Waals surface area contributed by atoms with Gasteiger partial charge in [-0.15, -0.1) is 0 Å². The molecule has 0 fully saturated rings. The Balaban J connectivity index is 1.78. The summed E-state index contributed by atoms with van der Waals surface area (Å²) in [5, 5.41) is 0. The Labute approximate surface area is 164 Å². The van der Waals surface area contributed by atoms with Crippen LogP contribution in [0.3, 0.4) is 0 Å². The third kappa shape index (κ3) is 3.21. The van der Waals surface area contributed by atoms with Gasteiger partial charge in [0, 0.05) is 24.6 Å². The lowest BCUT2D eigenvalue weighted by Crippen LogP contribution is -2.30. The summed E-state index contributed by atoms with van der Waals surface area (Å²) in [6, 6.07) is 12.7. The monoisotopic (exact) mass is 377 g/mol. The number of carbonyl (C=O) groups is 2. The van der Waals surface area contributed by atoms with Crippen molar-refractivity contribution in [1.29, 1.82) is 0 Å². The number of hydrogen-bond donors (Lipinski definition) is 0. The molecule has 0 amide bonds. The molecule has 0 radical (unpaired) electrons. The van der Waals surface area contributed by atoms with Gasteiger partial charge in [-0.25, -0.2) is 0 Å². The van der Waals surface area contributed by atoms with E-state index < -0.39 is 12.0 Å². The Bertz CT molecular complexity index is 944. The van der Waals surface area contributed by atoms with Crippen LogP contribution in [0.15, 0.2) is 60.0 Å². The molecule has 1 aliphatic carbocycles. The molecule has 0 saturated carbocycles. The van der Waals surface area contributed by atoms with Crippen molar-refractivity contribution in [2.24, 2.45) is 5.41 Å². The van der Waals surface area contributed by atoms with Gasteiger partial charge >= 0.3 is 0 Å². The number of methoxy groups -OCH3 is 1. The summed E-state index contributed by atoms with van der Waals surface area (Å²) in [5.41, 5.74) is 1.67. The minimum atomic E-state index is -0.786. The highest BCUT2D eigenvalue weighted by Gasteiger charge is 2.49. The maximum atomic E-state index is 13.2. The zero-order valence-corrected chi connectivity index (χ0v) is 16.3. The van der Waals surface area contributed by atoms with E-state index in [0.29, 0.717) is 29.9 Å². The Morgan fingerprint density at radius 1 is 1.14 bits per heavy atom. The molecule has 1 aromatic carbocycles. The second-order valence-electron chi connectivity index (χ2n) is 8.15. The van der Waals surface area contributed by atoms with Crippen LogP contribution in [-0.2, 0) is 9.53 Å². The van der Waals surface area contributed by atoms with Crippen LogP contribution in [0.5, 0.6) is 5.75 Å². The predicted octanol–water partition coefficient (Wildman–Crippen LogP) is 4.10. The van der Waals surface area contributed by atoms with Gasteiger partial charge in [-0.3, -0.25) is 14.6 Å². The first-order chi connectivity index (χ1) is 13.4. The number of benzene rings is 1. The number of nitrogens with zero attached hydrogens (tertiary/aromatic N) is 1. The molecule has 0 N–H and O–H groups in total. The van der Waals surface area contributed by atoms with Gasteiger partial charge in [0.25, 0.3) is 0 Å². The molecule has 0 unspecified atom stereocenters. The first-order valence-electron chi connectivity index (χ1n) is 9.42. The van der Waals surface area contributed by atoms with Crippen LogP contribution in [0, 0.1) is 5.41 Å². The SMILES string of the molecule is COc1ccc([C@@H]2C3=C(CC(C)(C)CC3=O)O[C@H]2C(=O)c2ccccn2)cc1. The normalized spacial score (nSPS) is 23.2. The molecule has 0 saturated heterocycles. The van der Waals surface area contributed by atoms with Gasteiger partial charge in [0.1, 0.15) is 17.2 Å². The van der Waals surface area contributed by atoms with E-state index in [1.807, 2.05) is 38.1 Å². The average Bonchev–Trinajstić information content (AvgIpc) is 3.06. The number of aromatic nitrogens is 1. The van der Waals surface area contributed by atoms with E-state index in [1.165, 1.54) is 0 Å². The fourth-order valence-electron chi connectivity index (χ4n) is 4.11. The summed E-state index contributed by atoms with van der Waals surface area (Å²) in [6.45, 7) is 4.10. The Hall–Kier alpha value is -2.95. The van der Waals surface area contributed by atoms with E-state index in [2.05, 4.69) is 4.98 Å². The average molecular weight is 377 g/mol. The summed E-state index contributed by atoms with van der Waals surface area (Å²) < 4.78 is 11.4. The first kappa shape index (κ1) is 18.4. The number of carbonyl (C=O) groups excluding carboxylic acids is 2. The third-order valence-corrected chi connectivity index (χ3v) is 5.41. The van der Waals surface area contributed by atoms with Crippen molar-refractivity contribution in [1.82, 2.24) is 4.98 Å². The van der Waals surface area contributed by atoms with E-state index in [4.69, 9.17) is 9.47 Å². The van der Waals surface area contributed by atoms with Crippen LogP contribution >= 0.6 is 0 Å². The molecule has 1 aliphatic heterocycles. The van der Waals surface area contributed by atoms with Crippen molar-refractivity contribution < 1.29 is 19.1 Å². The van der Waals surface area contributed by atoms with Gasteiger partial charge in [0.2, 0.25) is 5.78 Å². The van der Waals surface area contributed by atoms with Crippen LogP contribution in [0.4, 0.5) is 0 Å². The second-order valence-corrected chi connectivity index (χ2v) is 8.15. The smallest absolute Gasteiger partial charge is 0.222 e. The van der Waals surface area contributed by atoms with E-state index in [-0.39, 0.29) is 17.0 Å². The van der Waals surface area contributed by atoms with Gasteiger partial charge in [-0.2, -0.15) is 0 Å². The fourth-order valence-corrected chi connectivity index (χ4v) is 4.11. The summed E-state index contributed by atoms with van der Waals surface area (Å²) >= 11 is 0. The Morgan fingerprint density at radius 3 is 2.54 bits per heavy atom. The van der Waals surface area contributed by atoms with Crippen LogP contribution in [-0.4, -0.2) is 29.8 Å². The van der Waals surface area contributed by atoms with Crippen molar-refractivity contribution in [2.45, 2.75) is 38.7 Å². The number of Topliss-reactive ketones (excluding diaryl/α,β-unsaturated/α-hetero) is 2. The van der Waals surface area contributed by atoms with E-state index in [1.54, 1.807) is 31.5 Å². The van der Waals surface area contributed by atoms with E-state index in [9.17, 15) is 9.59 Å². The predicted molar refractivity (Wildman–Crippen MR) is 104 cm³/mol. The maximum absolute atomic E-state index is 13.2. The number of pyridine rings is 1. The van der Waals surface area contributed by atoms with Crippen molar-refractivity contribution in [3.63, 3.8) is 0 Å². The van der Waals surface area contributed by atoms with Gasteiger partial charge in [-0.1, -0.05) is 32.0 Å². The van der Waals surface area contributed by atoms with Gasteiger partial charge < -0.3 is 9.47 Å². The van der Waals surface area contributed by atoms with Crippen LogP contribution in [0.1, 0.15) is 48.7 Å². The number of hydrogen-bond acceptors (Lipinski definition) is 5. The Kier molecular flexibility index (Phi) is 4.53. The lowest BCUT2D eigenvalue weighted by atomic mass is 9.72. The summed E-state index contributed by atoms with van der Waals surface area (Å²) in [5.74, 6) is 0.792. The van der Waals surface area contributed by atoms with Crippen LogP contribution < -0.4 is 4.74 Å². The first-order valence-corrected chi connectivity index (χ1v) is 9.42. The molecule has 1 aromatic heterocycles. The third-order valence-electron chi connectivity index (χ3n) is 5.41. The van der Waals surface area contributed by atoms with Crippen LogP contribution in [0.2, 0.25) is 0 Å². The quantitative estimate of drug-likeness (QED) is 0.751. The topological polar surface area (TPSA) is 65.5 Å². The van der Waals surface area contributed by atoms with Crippen molar-refractivity contribution in [3.05, 3.63) is 71.3 Å². The summed E-state index contributed by atoms with van der Waals surface area (Å²) in [4.78, 5) is 30.4. The molecule has 28 heavy (non-hydrogen) atoms. The molecule has 4 rings (SSSR count). The number of allylic oxidation sites excluding steroid dienone is 1. The highest BCUT2D eigenvalue weighted by atomic mass is 16.5. The molecule has 5 nitrogen and oxygen atoms in total. The van der Waals surface area contributed by atoms with Crippen molar-refractivity contribution >= 4 is 11.6 Å². The minimum absolute atomic E-state index is 0.0587. The molecule has 0 bridgehead atoms. The summed E-state index contributed by atoms with van der Waals surface area (Å²) in [6.07, 6.45) is 1.90. The molecular weight excluding hydrogens is 354 g/mol. The molecule has 2 heterocycles. The number of rotatable bonds is 4. The van der Waals surface area contributed by atoms with Gasteiger partial charge in [0.15, 0.2) is 11.9 Å². The largest absolute Gasteiger partial charge is 0.497 e. The van der Waals surface area contributed by atoms with Crippen LogP contribution in [0.25, 0.3) is 0 Å². The minimum Gasteiger partial charge on any atom is -0.497 e. The zero-order valence-electron chi connectivity index (χ0n) is 16.3. The van der Waals surface area contributed by atoms with E-state index in [0.717, 1.165) is 11.3 Å². The second kappa shape index (κ2) is 6.89. The molecule has 144 valence electrons. The van der Waals surface area contributed by atoms with E-state index >= 15 is 0 Å². The molecule has 2 aromatic rings. The standard InChI is InChI=1S/C23H23NO4/c1-23(2)12-17(25)20-18(13-23)28-22(21(26)16-6-4-5-11-24-16)19(20)14-7-9-15(27-3)10-8-14/h4-11,19,22H,12-13H2,1-3H3/t19-,22-/m1/s1. The zero-order chi connectivity index (χ0) is 19.9. The Morgan fingerprint density at radius 2 is 1.89 bits per heavy atom. The van der Waals surface area contributed by atoms with Gasteiger partial charge in [-0.05, 0) is 35.2 Å². The van der Waals surface area contributed by atoms with Gasteiger partial charge in [0.05, 0.1) is 13.0 Å². The molecule has 2 aliphatic rings. The molecule has 5 heteroatoms. The number of ketones is 2. The number of ether oxygens (including phenoxy) is 2. The highest BCUT2D eigenvalue weighted by Crippen LogP contribution is 2.49. The maximum Gasteiger partial charge on any atom is 0.222 e. The molecule has 0 spiro atoms. The highest BCUT2D eigenvalue weighted by molar-refractivity contribution is 6.04. The lowest BCUT2D eigenvalue weighted by molar-refractivity contribution is -0.118. The summed E-state index contributed by atoms with van der Waals surface area (Å²) in [7, 11) is 1.61. The lowest BCUT2D eigenvalue weighted by Gasteiger charge is -2.29.